The number of alkyl carbamates (subject to hydrolysis) is 1. The second-order valence-electron chi connectivity index (χ2n) is 4.33. The fourth-order valence-electron chi connectivity index (χ4n) is 1.78. The van der Waals surface area contributed by atoms with Crippen LogP contribution in [0.15, 0.2) is 43.0 Å². The maximum Gasteiger partial charge on any atom is 0.408 e. The molecule has 1 rings (SSSR count). The fraction of sp³-hybridized carbons (Fsp3) is 0.333. The normalized spacial score (nSPS) is 13.1. The van der Waals surface area contributed by atoms with E-state index in [1.807, 2.05) is 37.3 Å². The maximum atomic E-state index is 11.6. The Morgan fingerprint density at radius 1 is 1.40 bits per heavy atom. The van der Waals surface area contributed by atoms with Gasteiger partial charge in [0.25, 0.3) is 0 Å². The van der Waals surface area contributed by atoms with Gasteiger partial charge < -0.3 is 15.2 Å². The number of aliphatic carboxylic acids is 1. The molecule has 2 atom stereocenters. The lowest BCUT2D eigenvalue weighted by Gasteiger charge is -2.20. The van der Waals surface area contributed by atoms with Crippen LogP contribution in [0.3, 0.4) is 0 Å². The maximum absolute atomic E-state index is 11.6. The molecule has 5 heteroatoms. The number of ether oxygens (including phenoxy) is 1. The molecule has 0 saturated heterocycles. The zero-order valence-electron chi connectivity index (χ0n) is 11.4. The average Bonchev–Trinajstić information content (AvgIpc) is 2.46. The molecular formula is C15H19NO4. The van der Waals surface area contributed by atoms with Crippen molar-refractivity contribution in [3.05, 3.63) is 48.6 Å². The SMILES string of the molecule is C=C[C@@H](CC)[C@H](NC(=O)OCc1ccccc1)C(=O)O. The molecule has 2 N–H and O–H groups in total. The monoisotopic (exact) mass is 277 g/mol. The van der Waals surface area contributed by atoms with Gasteiger partial charge in [0.1, 0.15) is 12.6 Å². The molecule has 0 spiro atoms. The van der Waals surface area contributed by atoms with Crippen molar-refractivity contribution in [2.75, 3.05) is 0 Å². The number of amides is 1. The predicted octanol–water partition coefficient (Wildman–Crippen LogP) is 2.58. The van der Waals surface area contributed by atoms with Crippen LogP contribution in [0.1, 0.15) is 18.9 Å². The molecule has 0 aromatic heterocycles. The van der Waals surface area contributed by atoms with Gasteiger partial charge in [-0.2, -0.15) is 0 Å². The number of nitrogens with one attached hydrogen (secondary N) is 1. The van der Waals surface area contributed by atoms with E-state index in [-0.39, 0.29) is 12.5 Å². The van der Waals surface area contributed by atoms with Gasteiger partial charge in [0.15, 0.2) is 0 Å². The Kier molecular flexibility index (Phi) is 6.29. The van der Waals surface area contributed by atoms with E-state index in [9.17, 15) is 9.59 Å². The minimum absolute atomic E-state index is 0.101. The minimum Gasteiger partial charge on any atom is -0.480 e. The molecule has 0 fully saturated rings. The molecule has 1 aromatic rings. The molecule has 0 aliphatic carbocycles. The van der Waals surface area contributed by atoms with Crippen LogP contribution in [0.4, 0.5) is 4.79 Å². The zero-order chi connectivity index (χ0) is 15.0. The Hall–Kier alpha value is -2.30. The third kappa shape index (κ3) is 4.76. The Balaban J connectivity index is 2.54. The van der Waals surface area contributed by atoms with Crippen LogP contribution < -0.4 is 5.32 Å². The number of carbonyl (C=O) groups excluding carboxylic acids is 1. The summed E-state index contributed by atoms with van der Waals surface area (Å²) in [4.78, 5) is 22.8. The van der Waals surface area contributed by atoms with Gasteiger partial charge in [0, 0.05) is 5.92 Å². The second kappa shape index (κ2) is 7.99. The minimum atomic E-state index is -1.10. The molecule has 0 aliphatic heterocycles. The van der Waals surface area contributed by atoms with E-state index in [1.165, 1.54) is 6.08 Å². The van der Waals surface area contributed by atoms with Gasteiger partial charge in [0.05, 0.1) is 0 Å². The number of carboxylic acid groups (broad SMARTS) is 1. The van der Waals surface area contributed by atoms with E-state index in [2.05, 4.69) is 11.9 Å². The van der Waals surface area contributed by atoms with E-state index in [4.69, 9.17) is 9.84 Å². The van der Waals surface area contributed by atoms with Crippen LogP contribution in [0.2, 0.25) is 0 Å². The first-order chi connectivity index (χ1) is 9.58. The molecule has 1 amide bonds. The van der Waals surface area contributed by atoms with Gasteiger partial charge in [-0.25, -0.2) is 9.59 Å². The van der Waals surface area contributed by atoms with Crippen LogP contribution in [0, 0.1) is 5.92 Å². The summed E-state index contributed by atoms with van der Waals surface area (Å²) >= 11 is 0. The summed E-state index contributed by atoms with van der Waals surface area (Å²) in [5.41, 5.74) is 0.838. The van der Waals surface area contributed by atoms with E-state index in [0.717, 1.165) is 5.56 Å². The van der Waals surface area contributed by atoms with Gasteiger partial charge >= 0.3 is 12.1 Å². The predicted molar refractivity (Wildman–Crippen MR) is 75.2 cm³/mol. The van der Waals surface area contributed by atoms with Crippen molar-refractivity contribution in [3.8, 4) is 0 Å². The summed E-state index contributed by atoms with van der Waals surface area (Å²) in [5, 5.41) is 11.5. The number of carboxylic acids is 1. The van der Waals surface area contributed by atoms with Crippen LogP contribution >= 0.6 is 0 Å². The number of rotatable bonds is 7. The zero-order valence-corrected chi connectivity index (χ0v) is 11.4. The number of carbonyl (C=O) groups is 2. The first-order valence-electron chi connectivity index (χ1n) is 6.41. The standard InChI is InChI=1S/C15H19NO4/c1-3-12(4-2)13(14(17)18)16-15(19)20-10-11-8-6-5-7-9-11/h3,5-9,12-13H,1,4,10H2,2H3,(H,16,19)(H,17,18)/t12-,13-/m0/s1. The van der Waals surface area contributed by atoms with Crippen molar-refractivity contribution in [2.24, 2.45) is 5.92 Å². The van der Waals surface area contributed by atoms with Crippen molar-refractivity contribution in [2.45, 2.75) is 26.0 Å². The van der Waals surface area contributed by atoms with Crippen LogP contribution in [0.25, 0.3) is 0 Å². The molecule has 0 heterocycles. The lowest BCUT2D eigenvalue weighted by molar-refractivity contribution is -0.140. The number of benzene rings is 1. The molecule has 1 aromatic carbocycles. The van der Waals surface area contributed by atoms with Gasteiger partial charge in [-0.1, -0.05) is 43.3 Å². The highest BCUT2D eigenvalue weighted by molar-refractivity contribution is 5.80. The molecule has 20 heavy (non-hydrogen) atoms. The Labute approximate surface area is 118 Å². The van der Waals surface area contributed by atoms with Crippen molar-refractivity contribution in [3.63, 3.8) is 0 Å². The highest BCUT2D eigenvalue weighted by Gasteiger charge is 2.27. The largest absolute Gasteiger partial charge is 0.480 e. The summed E-state index contributed by atoms with van der Waals surface area (Å²) in [7, 11) is 0. The summed E-state index contributed by atoms with van der Waals surface area (Å²) in [5.74, 6) is -1.44. The molecular weight excluding hydrogens is 258 g/mol. The Morgan fingerprint density at radius 2 is 2.05 bits per heavy atom. The van der Waals surface area contributed by atoms with Crippen molar-refractivity contribution < 1.29 is 19.4 Å². The smallest absolute Gasteiger partial charge is 0.408 e. The Bertz CT molecular complexity index is 458. The number of hydrogen-bond donors (Lipinski definition) is 2. The van der Waals surface area contributed by atoms with E-state index in [0.29, 0.717) is 6.42 Å². The molecule has 0 unspecified atom stereocenters. The molecule has 5 nitrogen and oxygen atoms in total. The quantitative estimate of drug-likeness (QED) is 0.751. The molecule has 0 radical (unpaired) electrons. The van der Waals surface area contributed by atoms with Crippen LogP contribution in [-0.2, 0) is 16.1 Å². The summed E-state index contributed by atoms with van der Waals surface area (Å²) < 4.78 is 5.00. The topological polar surface area (TPSA) is 75.6 Å². The molecule has 0 aliphatic rings. The third-order valence-corrected chi connectivity index (χ3v) is 2.95. The second-order valence-corrected chi connectivity index (χ2v) is 4.33. The van der Waals surface area contributed by atoms with Crippen molar-refractivity contribution >= 4 is 12.1 Å². The first-order valence-corrected chi connectivity index (χ1v) is 6.41. The number of hydrogen-bond acceptors (Lipinski definition) is 3. The van der Waals surface area contributed by atoms with Gasteiger partial charge in [-0.3, -0.25) is 0 Å². The highest BCUT2D eigenvalue weighted by Crippen LogP contribution is 2.11. The third-order valence-electron chi connectivity index (χ3n) is 2.95. The summed E-state index contributed by atoms with van der Waals surface area (Å²) in [6, 6.07) is 8.14. The first kappa shape index (κ1) is 15.8. The molecule has 0 saturated carbocycles. The lowest BCUT2D eigenvalue weighted by atomic mass is 9.97. The molecule has 108 valence electrons. The van der Waals surface area contributed by atoms with E-state index in [1.54, 1.807) is 0 Å². The van der Waals surface area contributed by atoms with Crippen molar-refractivity contribution in [1.82, 2.24) is 5.32 Å². The van der Waals surface area contributed by atoms with Crippen molar-refractivity contribution in [1.29, 1.82) is 0 Å². The van der Waals surface area contributed by atoms with Crippen LogP contribution in [0.5, 0.6) is 0 Å². The lowest BCUT2D eigenvalue weighted by Crippen LogP contribution is -2.45. The Morgan fingerprint density at radius 3 is 2.55 bits per heavy atom. The molecule has 0 bridgehead atoms. The van der Waals surface area contributed by atoms with Gasteiger partial charge in [-0.05, 0) is 12.0 Å². The summed E-state index contributed by atoms with van der Waals surface area (Å²) in [6.45, 7) is 5.51. The highest BCUT2D eigenvalue weighted by atomic mass is 16.5. The van der Waals surface area contributed by atoms with Crippen LogP contribution in [-0.4, -0.2) is 23.2 Å². The van der Waals surface area contributed by atoms with Gasteiger partial charge in [-0.15, -0.1) is 6.58 Å². The fourth-order valence-corrected chi connectivity index (χ4v) is 1.78. The van der Waals surface area contributed by atoms with E-state index < -0.39 is 18.1 Å². The van der Waals surface area contributed by atoms with Gasteiger partial charge in [0.2, 0.25) is 0 Å². The van der Waals surface area contributed by atoms with E-state index >= 15 is 0 Å². The summed E-state index contributed by atoms with van der Waals surface area (Å²) in [6.07, 6.45) is 1.34. The average molecular weight is 277 g/mol.